The van der Waals surface area contributed by atoms with Crippen molar-refractivity contribution < 1.29 is 18.7 Å². The zero-order valence-corrected chi connectivity index (χ0v) is 16.6. The molecule has 1 saturated heterocycles. The minimum Gasteiger partial charge on any atom is -0.444 e. The Labute approximate surface area is 156 Å². The van der Waals surface area contributed by atoms with E-state index in [9.17, 15) is 14.0 Å². The van der Waals surface area contributed by atoms with Gasteiger partial charge in [0.15, 0.2) is 0 Å². The van der Waals surface area contributed by atoms with Gasteiger partial charge >= 0.3 is 6.09 Å². The summed E-state index contributed by atoms with van der Waals surface area (Å²) in [5, 5.41) is 0. The van der Waals surface area contributed by atoms with Crippen LogP contribution in [-0.2, 0) is 4.74 Å². The van der Waals surface area contributed by atoms with Crippen LogP contribution in [0.15, 0.2) is 22.7 Å². The Morgan fingerprint density at radius 2 is 1.88 bits per heavy atom. The van der Waals surface area contributed by atoms with E-state index in [1.165, 1.54) is 18.2 Å². The van der Waals surface area contributed by atoms with Crippen molar-refractivity contribution in [3.05, 3.63) is 34.1 Å². The molecule has 25 heavy (non-hydrogen) atoms. The average molecular weight is 415 g/mol. The third-order valence-corrected chi connectivity index (χ3v) is 4.80. The molecule has 0 aliphatic carbocycles. The molecule has 7 heteroatoms. The summed E-state index contributed by atoms with van der Waals surface area (Å²) in [5.41, 5.74) is -0.0861. The van der Waals surface area contributed by atoms with Gasteiger partial charge in [-0.3, -0.25) is 4.79 Å². The highest BCUT2D eigenvalue weighted by molar-refractivity contribution is 9.10. The van der Waals surface area contributed by atoms with E-state index in [2.05, 4.69) is 15.9 Å². The van der Waals surface area contributed by atoms with Crippen LogP contribution in [0.4, 0.5) is 9.18 Å². The number of likely N-dealkylation sites (tertiary alicyclic amines) is 1. The molecule has 1 heterocycles. The minimum atomic E-state index is -0.531. The highest BCUT2D eigenvalue weighted by Crippen LogP contribution is 2.23. The van der Waals surface area contributed by atoms with Crippen molar-refractivity contribution >= 4 is 27.9 Å². The molecule has 0 atom stereocenters. The molecule has 0 unspecified atom stereocenters. The van der Waals surface area contributed by atoms with E-state index in [1.54, 1.807) is 16.8 Å². The standard InChI is InChI=1S/C18H24BrFN2O3/c1-18(2,3)25-17(24)21(4)13-7-9-22(10-8-13)16(23)14-6-5-12(20)11-15(14)19/h5-6,11,13H,7-10H2,1-4H3. The summed E-state index contributed by atoms with van der Waals surface area (Å²) in [5.74, 6) is -0.522. The first-order valence-corrected chi connectivity index (χ1v) is 9.08. The largest absolute Gasteiger partial charge is 0.444 e. The highest BCUT2D eigenvalue weighted by Gasteiger charge is 2.30. The van der Waals surface area contributed by atoms with Gasteiger partial charge in [-0.25, -0.2) is 9.18 Å². The summed E-state index contributed by atoms with van der Waals surface area (Å²) in [7, 11) is 1.73. The number of ether oxygens (including phenoxy) is 1. The van der Waals surface area contributed by atoms with E-state index in [4.69, 9.17) is 4.74 Å². The molecule has 0 radical (unpaired) electrons. The van der Waals surface area contributed by atoms with E-state index in [0.29, 0.717) is 36.0 Å². The fourth-order valence-electron chi connectivity index (χ4n) is 2.77. The van der Waals surface area contributed by atoms with Gasteiger partial charge in [-0.1, -0.05) is 0 Å². The number of hydrogen-bond donors (Lipinski definition) is 0. The SMILES string of the molecule is CN(C(=O)OC(C)(C)C)C1CCN(C(=O)c2ccc(F)cc2Br)CC1. The lowest BCUT2D eigenvalue weighted by atomic mass is 10.0. The second kappa shape index (κ2) is 7.72. The predicted molar refractivity (Wildman–Crippen MR) is 97.0 cm³/mol. The number of amides is 2. The number of rotatable bonds is 2. The molecule has 5 nitrogen and oxygen atoms in total. The van der Waals surface area contributed by atoms with E-state index in [-0.39, 0.29) is 23.9 Å². The van der Waals surface area contributed by atoms with Crippen LogP contribution < -0.4 is 0 Å². The molecular formula is C18H24BrFN2O3. The van der Waals surface area contributed by atoms with Crippen LogP contribution in [0.5, 0.6) is 0 Å². The second-order valence-electron chi connectivity index (χ2n) is 7.24. The predicted octanol–water partition coefficient (Wildman–Crippen LogP) is 4.06. The van der Waals surface area contributed by atoms with Gasteiger partial charge in [0.1, 0.15) is 11.4 Å². The van der Waals surface area contributed by atoms with Gasteiger partial charge in [0, 0.05) is 30.7 Å². The molecule has 0 N–H and O–H groups in total. The van der Waals surface area contributed by atoms with Crippen molar-refractivity contribution in [3.8, 4) is 0 Å². The Kier molecular flexibility index (Phi) is 6.08. The molecule has 2 amide bonds. The van der Waals surface area contributed by atoms with Gasteiger partial charge in [0.25, 0.3) is 5.91 Å². The van der Waals surface area contributed by atoms with Crippen molar-refractivity contribution in [1.29, 1.82) is 0 Å². The fraction of sp³-hybridized carbons (Fsp3) is 0.556. The Morgan fingerprint density at radius 3 is 2.40 bits per heavy atom. The molecule has 1 aromatic rings. The maximum atomic E-state index is 13.2. The molecule has 0 bridgehead atoms. The van der Waals surface area contributed by atoms with Crippen LogP contribution in [0.2, 0.25) is 0 Å². The van der Waals surface area contributed by atoms with Gasteiger partial charge in [0.05, 0.1) is 5.56 Å². The number of carbonyl (C=O) groups is 2. The third-order valence-electron chi connectivity index (χ3n) is 4.14. The Balaban J connectivity index is 1.95. The van der Waals surface area contributed by atoms with Crippen molar-refractivity contribution in [2.24, 2.45) is 0 Å². The zero-order valence-electron chi connectivity index (χ0n) is 15.0. The summed E-state index contributed by atoms with van der Waals surface area (Å²) in [6.07, 6.45) is 1.01. The van der Waals surface area contributed by atoms with Crippen molar-refractivity contribution in [1.82, 2.24) is 9.80 Å². The maximum Gasteiger partial charge on any atom is 0.410 e. The number of benzene rings is 1. The van der Waals surface area contributed by atoms with Gasteiger partial charge in [-0.15, -0.1) is 0 Å². The van der Waals surface area contributed by atoms with E-state index >= 15 is 0 Å². The third kappa shape index (κ3) is 5.17. The van der Waals surface area contributed by atoms with Gasteiger partial charge in [0.2, 0.25) is 0 Å². The van der Waals surface area contributed by atoms with E-state index in [1.807, 2.05) is 20.8 Å². The maximum absolute atomic E-state index is 13.2. The molecule has 0 saturated carbocycles. The molecule has 1 aromatic carbocycles. The number of halogens is 2. The van der Waals surface area contributed by atoms with Crippen LogP contribution in [0, 0.1) is 5.82 Å². The first-order chi connectivity index (χ1) is 11.6. The van der Waals surface area contributed by atoms with Crippen molar-refractivity contribution in [3.63, 3.8) is 0 Å². The zero-order chi connectivity index (χ0) is 18.8. The van der Waals surface area contributed by atoms with Gasteiger partial charge in [-0.05, 0) is 67.7 Å². The van der Waals surface area contributed by atoms with Crippen LogP contribution in [-0.4, -0.2) is 53.6 Å². The molecule has 2 rings (SSSR count). The second-order valence-corrected chi connectivity index (χ2v) is 8.09. The number of carbonyl (C=O) groups excluding carboxylic acids is 2. The van der Waals surface area contributed by atoms with E-state index in [0.717, 1.165) is 0 Å². The molecule has 1 aliphatic rings. The number of nitrogens with zero attached hydrogens (tertiary/aromatic N) is 2. The first-order valence-electron chi connectivity index (χ1n) is 8.28. The average Bonchev–Trinajstić information content (AvgIpc) is 2.52. The van der Waals surface area contributed by atoms with Crippen LogP contribution in [0.25, 0.3) is 0 Å². The summed E-state index contributed by atoms with van der Waals surface area (Å²) in [4.78, 5) is 28.1. The molecule has 138 valence electrons. The van der Waals surface area contributed by atoms with Gasteiger partial charge in [-0.2, -0.15) is 0 Å². The molecule has 0 spiro atoms. The van der Waals surface area contributed by atoms with Crippen LogP contribution in [0.1, 0.15) is 44.0 Å². The Hall–Kier alpha value is -1.63. The van der Waals surface area contributed by atoms with E-state index < -0.39 is 5.60 Å². The topological polar surface area (TPSA) is 49.9 Å². The quantitative estimate of drug-likeness (QED) is 0.732. The summed E-state index contributed by atoms with van der Waals surface area (Å²) < 4.78 is 19.0. The summed E-state index contributed by atoms with van der Waals surface area (Å²) in [6, 6.07) is 4.09. The number of hydrogen-bond acceptors (Lipinski definition) is 3. The molecule has 0 aromatic heterocycles. The van der Waals surface area contributed by atoms with Gasteiger partial charge < -0.3 is 14.5 Å². The molecule has 1 aliphatic heterocycles. The summed E-state index contributed by atoms with van der Waals surface area (Å²) in [6.45, 7) is 6.59. The molecular weight excluding hydrogens is 391 g/mol. The fourth-order valence-corrected chi connectivity index (χ4v) is 3.29. The first kappa shape index (κ1) is 19.7. The van der Waals surface area contributed by atoms with Crippen LogP contribution >= 0.6 is 15.9 Å². The lowest BCUT2D eigenvalue weighted by molar-refractivity contribution is 0.0156. The van der Waals surface area contributed by atoms with Crippen molar-refractivity contribution in [2.75, 3.05) is 20.1 Å². The molecule has 1 fully saturated rings. The van der Waals surface area contributed by atoms with Crippen molar-refractivity contribution in [2.45, 2.75) is 45.3 Å². The minimum absolute atomic E-state index is 0.0376. The lowest BCUT2D eigenvalue weighted by Gasteiger charge is -2.37. The monoisotopic (exact) mass is 414 g/mol. The Morgan fingerprint density at radius 1 is 1.28 bits per heavy atom. The highest BCUT2D eigenvalue weighted by atomic mass is 79.9. The van der Waals surface area contributed by atoms with Crippen LogP contribution in [0.3, 0.4) is 0 Å². The Bertz CT molecular complexity index is 652. The smallest absolute Gasteiger partial charge is 0.410 e. The lowest BCUT2D eigenvalue weighted by Crippen LogP contribution is -2.48. The summed E-state index contributed by atoms with van der Waals surface area (Å²) >= 11 is 3.24. The number of piperidine rings is 1. The normalized spacial score (nSPS) is 15.8.